The van der Waals surface area contributed by atoms with Crippen LogP contribution in [0.15, 0.2) is 82.4 Å². The molecule has 12 heteroatoms. The number of aromatic nitrogens is 6. The van der Waals surface area contributed by atoms with Crippen molar-refractivity contribution in [3.8, 4) is 22.8 Å². The number of hydrogen-bond acceptors (Lipinski definition) is 8. The molecule has 4 aromatic heterocycles. The van der Waals surface area contributed by atoms with Crippen molar-refractivity contribution in [1.29, 1.82) is 0 Å². The van der Waals surface area contributed by atoms with E-state index in [0.717, 1.165) is 11.1 Å². The molecule has 8 nitrogen and oxygen atoms in total. The summed E-state index contributed by atoms with van der Waals surface area (Å²) in [7, 11) is 0. The molecular weight excluding hydrogens is 587 g/mol. The van der Waals surface area contributed by atoms with E-state index < -0.39 is 0 Å². The van der Waals surface area contributed by atoms with Gasteiger partial charge in [0.2, 0.25) is 9.92 Å². The van der Waals surface area contributed by atoms with Gasteiger partial charge in [-0.15, -0.1) is 10.2 Å². The first kappa shape index (κ1) is 24.8. The van der Waals surface area contributed by atoms with Crippen LogP contribution >= 0.6 is 45.9 Å². The van der Waals surface area contributed by atoms with E-state index in [9.17, 15) is 9.59 Å². The number of hydrogen-bond donors (Lipinski definition) is 0. The third-order valence-corrected chi connectivity index (χ3v) is 8.53. The van der Waals surface area contributed by atoms with Crippen LogP contribution in [0.25, 0.3) is 44.8 Å². The zero-order chi connectivity index (χ0) is 27.4. The van der Waals surface area contributed by atoms with Gasteiger partial charge in [0.05, 0.1) is 9.06 Å². The summed E-state index contributed by atoms with van der Waals surface area (Å²) in [6.45, 7) is 0. The predicted molar refractivity (Wildman–Crippen MR) is 159 cm³/mol. The highest BCUT2D eigenvalue weighted by Gasteiger charge is 2.19. The topological polar surface area (TPSA) is 94.5 Å². The fourth-order valence-corrected chi connectivity index (χ4v) is 6.26. The standard InChI is InChI=1S/C28H14Cl2N6O2S2/c29-17-9-5-15(6-10-17)13-21-25(37)35-27(39-21)31-23(33-35)19-3-1-2-4-20(19)24-32-28-36(34-24)26(38)22(40-28)14-16-7-11-18(30)12-8-16/h1-14H/b21-13+,22-14+. The van der Waals surface area contributed by atoms with Crippen LogP contribution in [-0.4, -0.2) is 29.2 Å². The first-order chi connectivity index (χ1) is 19.4. The summed E-state index contributed by atoms with van der Waals surface area (Å²) >= 11 is 14.4. The molecule has 7 aromatic rings. The summed E-state index contributed by atoms with van der Waals surface area (Å²) in [5.74, 6) is 0.739. The Bertz CT molecular complexity index is 2120. The lowest BCUT2D eigenvalue weighted by Crippen LogP contribution is -2.23. The Balaban J connectivity index is 1.27. The molecule has 0 aliphatic heterocycles. The van der Waals surface area contributed by atoms with Crippen LogP contribution in [0.3, 0.4) is 0 Å². The fourth-order valence-electron chi connectivity index (χ4n) is 4.19. The molecule has 7 rings (SSSR count). The monoisotopic (exact) mass is 600 g/mol. The SMILES string of the molecule is O=c1/c(=C\c2ccc(Cl)cc2)sc2nc(-c3ccccc3-c3nc4s/c(=C/c5ccc(Cl)cc5)c(=O)n4n3)nn12. The number of fused-ring (bicyclic) bond motifs is 2. The lowest BCUT2D eigenvalue weighted by Gasteiger charge is -2.01. The smallest absolute Gasteiger partial charge is 0.266 e. The molecule has 0 unspecified atom stereocenters. The van der Waals surface area contributed by atoms with Crippen molar-refractivity contribution in [3.63, 3.8) is 0 Å². The van der Waals surface area contributed by atoms with Crippen LogP contribution in [0.4, 0.5) is 0 Å². The van der Waals surface area contributed by atoms with E-state index in [2.05, 4.69) is 20.2 Å². The maximum Gasteiger partial charge on any atom is 0.291 e. The van der Waals surface area contributed by atoms with Crippen molar-refractivity contribution < 1.29 is 0 Å². The van der Waals surface area contributed by atoms with Crippen molar-refractivity contribution >= 4 is 67.9 Å². The van der Waals surface area contributed by atoms with E-state index >= 15 is 0 Å². The molecule has 3 aromatic carbocycles. The number of rotatable bonds is 4. The van der Waals surface area contributed by atoms with Gasteiger partial charge >= 0.3 is 0 Å². The Morgan fingerprint density at radius 2 is 1.00 bits per heavy atom. The highest BCUT2D eigenvalue weighted by molar-refractivity contribution is 7.15. The number of thiazole rings is 2. The van der Waals surface area contributed by atoms with Crippen molar-refractivity contribution in [1.82, 2.24) is 29.2 Å². The molecule has 0 aliphatic carbocycles. The molecular formula is C28H14Cl2N6O2S2. The molecule has 0 aliphatic rings. The Labute approximate surface area is 242 Å². The van der Waals surface area contributed by atoms with Crippen LogP contribution in [0.2, 0.25) is 10.0 Å². The van der Waals surface area contributed by atoms with Crippen molar-refractivity contribution in [3.05, 3.63) is 124 Å². The van der Waals surface area contributed by atoms with Gasteiger partial charge < -0.3 is 0 Å². The molecule has 0 saturated heterocycles. The summed E-state index contributed by atoms with van der Waals surface area (Å²) in [4.78, 5) is 36.3. The molecule has 0 radical (unpaired) electrons. The molecule has 0 spiro atoms. The Hall–Kier alpha value is -4.22. The average Bonchev–Trinajstić information content (AvgIpc) is 3.70. The van der Waals surface area contributed by atoms with Gasteiger partial charge in [-0.3, -0.25) is 9.59 Å². The summed E-state index contributed by atoms with van der Waals surface area (Å²) in [6.07, 6.45) is 3.57. The average molecular weight is 602 g/mol. The van der Waals surface area contributed by atoms with E-state index in [-0.39, 0.29) is 11.1 Å². The van der Waals surface area contributed by atoms with Gasteiger partial charge in [-0.05, 0) is 47.5 Å². The molecule has 0 amide bonds. The van der Waals surface area contributed by atoms with Crippen LogP contribution in [0.5, 0.6) is 0 Å². The lowest BCUT2D eigenvalue weighted by molar-refractivity contribution is 0.932. The molecule has 194 valence electrons. The quantitative estimate of drug-likeness (QED) is 0.298. The minimum atomic E-state index is -0.257. The second kappa shape index (κ2) is 9.76. The Morgan fingerprint density at radius 3 is 1.38 bits per heavy atom. The molecule has 4 heterocycles. The van der Waals surface area contributed by atoms with Crippen molar-refractivity contribution in [2.24, 2.45) is 0 Å². The molecule has 40 heavy (non-hydrogen) atoms. The minimum Gasteiger partial charge on any atom is -0.266 e. The lowest BCUT2D eigenvalue weighted by atomic mass is 10.1. The van der Waals surface area contributed by atoms with Gasteiger partial charge in [0.25, 0.3) is 11.1 Å². The Kier molecular flexibility index (Phi) is 6.05. The van der Waals surface area contributed by atoms with E-state index in [4.69, 9.17) is 23.2 Å². The zero-order valence-electron chi connectivity index (χ0n) is 20.2. The normalized spacial score (nSPS) is 12.8. The summed E-state index contributed by atoms with van der Waals surface area (Å²) in [5.41, 5.74) is 2.50. The van der Waals surface area contributed by atoms with E-state index in [1.807, 2.05) is 48.5 Å². The second-order valence-corrected chi connectivity index (χ2v) is 11.6. The molecule has 0 atom stereocenters. The Morgan fingerprint density at radius 1 is 0.600 bits per heavy atom. The summed E-state index contributed by atoms with van der Waals surface area (Å²) in [5, 5.41) is 10.2. The van der Waals surface area contributed by atoms with Crippen LogP contribution in [0, 0.1) is 0 Å². The molecule has 0 bridgehead atoms. The minimum absolute atomic E-state index is 0.257. The largest absolute Gasteiger partial charge is 0.291 e. The van der Waals surface area contributed by atoms with E-state index in [1.54, 1.807) is 36.4 Å². The van der Waals surface area contributed by atoms with E-state index in [0.29, 0.717) is 51.8 Å². The second-order valence-electron chi connectivity index (χ2n) is 8.74. The van der Waals surface area contributed by atoms with Gasteiger partial charge in [-0.2, -0.15) is 19.0 Å². The van der Waals surface area contributed by atoms with E-state index in [1.165, 1.54) is 31.7 Å². The maximum absolute atomic E-state index is 13.0. The van der Waals surface area contributed by atoms with Gasteiger partial charge in [0, 0.05) is 21.2 Å². The predicted octanol–water partition coefficient (Wildman–Crippen LogP) is 4.35. The van der Waals surface area contributed by atoms with Crippen LogP contribution in [-0.2, 0) is 0 Å². The fraction of sp³-hybridized carbons (Fsp3) is 0. The third-order valence-electron chi connectivity index (χ3n) is 6.11. The molecule has 0 fully saturated rings. The van der Waals surface area contributed by atoms with Crippen LogP contribution in [0.1, 0.15) is 11.1 Å². The van der Waals surface area contributed by atoms with Gasteiger partial charge in [0.1, 0.15) is 0 Å². The molecule has 0 saturated carbocycles. The van der Waals surface area contributed by atoms with Crippen molar-refractivity contribution in [2.75, 3.05) is 0 Å². The van der Waals surface area contributed by atoms with Gasteiger partial charge in [-0.1, -0.05) is 94.4 Å². The number of halogens is 2. The van der Waals surface area contributed by atoms with Crippen molar-refractivity contribution in [2.45, 2.75) is 0 Å². The maximum atomic E-state index is 13.0. The summed E-state index contributed by atoms with van der Waals surface area (Å²) in [6, 6.07) is 21.8. The first-order valence-electron chi connectivity index (χ1n) is 11.9. The number of benzene rings is 3. The zero-order valence-corrected chi connectivity index (χ0v) is 23.3. The van der Waals surface area contributed by atoms with Crippen LogP contribution < -0.4 is 20.2 Å². The first-order valence-corrected chi connectivity index (χ1v) is 14.3. The molecule has 0 N–H and O–H groups in total. The highest BCUT2D eigenvalue weighted by Crippen LogP contribution is 2.29. The summed E-state index contributed by atoms with van der Waals surface area (Å²) < 4.78 is 3.63. The highest BCUT2D eigenvalue weighted by atomic mass is 35.5. The van der Waals surface area contributed by atoms with Gasteiger partial charge in [0.15, 0.2) is 11.6 Å². The number of nitrogens with zero attached hydrogens (tertiary/aromatic N) is 6. The van der Waals surface area contributed by atoms with Gasteiger partial charge in [-0.25, -0.2) is 0 Å². The third kappa shape index (κ3) is 4.40.